The minimum Gasteiger partial charge on any atom is -0.462 e. The standard InChI is InChI=1S/C21H26O3/c1-11-5-4-6-14-16-10-21(3,24-20(11)14)23-17-8-7-13-15(18(16)17)9-12(2)19(13)22/h4-8,12-13,15-19,22H,9-10H2,1-3H3/t12-,13+,15+,16+,17+,18+,19-,21+/m1/s1. The van der Waals surface area contributed by atoms with Gasteiger partial charge in [0.15, 0.2) is 0 Å². The van der Waals surface area contributed by atoms with Crippen LogP contribution in [0.2, 0.25) is 0 Å². The van der Waals surface area contributed by atoms with Gasteiger partial charge in [-0.05, 0) is 48.1 Å². The zero-order valence-electron chi connectivity index (χ0n) is 14.6. The van der Waals surface area contributed by atoms with E-state index in [0.717, 1.165) is 18.6 Å². The fourth-order valence-electron chi connectivity index (χ4n) is 5.86. The lowest BCUT2D eigenvalue weighted by Gasteiger charge is -2.54. The molecule has 0 aromatic heterocycles. The summed E-state index contributed by atoms with van der Waals surface area (Å²) in [6.45, 7) is 6.38. The van der Waals surface area contributed by atoms with Crippen LogP contribution in [0, 0.1) is 30.6 Å². The van der Waals surface area contributed by atoms with Crippen LogP contribution in [0.15, 0.2) is 30.4 Å². The highest BCUT2D eigenvalue weighted by Gasteiger charge is 2.57. The van der Waals surface area contributed by atoms with Crippen molar-refractivity contribution in [2.75, 3.05) is 0 Å². The van der Waals surface area contributed by atoms with E-state index in [2.05, 4.69) is 51.1 Å². The average Bonchev–Trinajstić information content (AvgIpc) is 2.82. The molecular weight excluding hydrogens is 300 g/mol. The summed E-state index contributed by atoms with van der Waals surface area (Å²) in [6, 6.07) is 6.50. The van der Waals surface area contributed by atoms with Crippen molar-refractivity contribution in [3.63, 3.8) is 0 Å². The SMILES string of the molecule is Cc1cccc2c1O[C@@]1(C)C[C@@H]2[C@@H]2[C@H]3C[C@@H](C)[C@@H](O)[C@H]3C=C[C@@H]2O1. The average molecular weight is 326 g/mol. The van der Waals surface area contributed by atoms with Gasteiger partial charge in [-0.3, -0.25) is 0 Å². The van der Waals surface area contributed by atoms with Gasteiger partial charge in [-0.1, -0.05) is 37.3 Å². The Kier molecular flexibility index (Phi) is 3.03. The summed E-state index contributed by atoms with van der Waals surface area (Å²) in [5, 5.41) is 10.6. The molecule has 2 aliphatic heterocycles. The Hall–Kier alpha value is -1.32. The summed E-state index contributed by atoms with van der Waals surface area (Å²) in [4.78, 5) is 0. The second-order valence-electron chi connectivity index (χ2n) is 8.53. The summed E-state index contributed by atoms with van der Waals surface area (Å²) in [5.74, 6) is 2.53. The Balaban J connectivity index is 1.63. The fourth-order valence-corrected chi connectivity index (χ4v) is 5.86. The molecule has 5 rings (SSSR count). The van der Waals surface area contributed by atoms with E-state index in [1.165, 1.54) is 11.1 Å². The van der Waals surface area contributed by atoms with Gasteiger partial charge in [0.2, 0.25) is 5.79 Å². The lowest BCUT2D eigenvalue weighted by Crippen LogP contribution is -2.55. The normalized spacial score (nSPS) is 48.2. The van der Waals surface area contributed by atoms with E-state index >= 15 is 0 Å². The second kappa shape index (κ2) is 4.86. The van der Waals surface area contributed by atoms with Crippen LogP contribution in [0.4, 0.5) is 0 Å². The van der Waals surface area contributed by atoms with Crippen molar-refractivity contribution in [2.24, 2.45) is 23.7 Å². The molecule has 1 aromatic carbocycles. The molecule has 1 saturated heterocycles. The maximum Gasteiger partial charge on any atom is 0.208 e. The highest BCUT2D eigenvalue weighted by molar-refractivity contribution is 5.46. The summed E-state index contributed by atoms with van der Waals surface area (Å²) in [6.07, 6.45) is 6.30. The molecule has 3 heteroatoms. The van der Waals surface area contributed by atoms with Crippen molar-refractivity contribution < 1.29 is 14.6 Å². The smallest absolute Gasteiger partial charge is 0.208 e. The molecule has 3 nitrogen and oxygen atoms in total. The molecule has 2 fully saturated rings. The highest BCUT2D eigenvalue weighted by Crippen LogP contribution is 2.59. The summed E-state index contributed by atoms with van der Waals surface area (Å²) in [7, 11) is 0. The van der Waals surface area contributed by atoms with Crippen molar-refractivity contribution in [1.82, 2.24) is 0 Å². The maximum atomic E-state index is 10.6. The number of hydrogen-bond acceptors (Lipinski definition) is 3. The monoisotopic (exact) mass is 326 g/mol. The molecular formula is C21H26O3. The molecule has 0 amide bonds. The van der Waals surface area contributed by atoms with Gasteiger partial charge >= 0.3 is 0 Å². The predicted octanol–water partition coefficient (Wildman–Crippen LogP) is 3.80. The molecule has 2 aliphatic carbocycles. The first kappa shape index (κ1) is 15.0. The minimum absolute atomic E-state index is 0.0983. The molecule has 2 heterocycles. The molecule has 128 valence electrons. The van der Waals surface area contributed by atoms with Crippen LogP contribution in [-0.4, -0.2) is 23.1 Å². The lowest BCUT2D eigenvalue weighted by molar-refractivity contribution is -0.252. The Bertz CT molecular complexity index is 711. The van der Waals surface area contributed by atoms with Gasteiger partial charge in [-0.2, -0.15) is 0 Å². The van der Waals surface area contributed by atoms with E-state index in [-0.39, 0.29) is 18.1 Å². The molecule has 24 heavy (non-hydrogen) atoms. The van der Waals surface area contributed by atoms with E-state index in [4.69, 9.17) is 9.47 Å². The molecule has 0 spiro atoms. The van der Waals surface area contributed by atoms with Gasteiger partial charge in [0.05, 0.1) is 12.2 Å². The summed E-state index contributed by atoms with van der Waals surface area (Å²) in [5.41, 5.74) is 2.53. The van der Waals surface area contributed by atoms with Gasteiger partial charge in [-0.15, -0.1) is 0 Å². The van der Waals surface area contributed by atoms with Crippen LogP contribution in [-0.2, 0) is 4.74 Å². The number of benzene rings is 1. The van der Waals surface area contributed by atoms with E-state index < -0.39 is 5.79 Å². The number of para-hydroxylation sites is 1. The topological polar surface area (TPSA) is 38.7 Å². The molecule has 1 saturated carbocycles. The third-order valence-electron chi connectivity index (χ3n) is 6.91. The minimum atomic E-state index is -0.537. The molecule has 0 unspecified atom stereocenters. The second-order valence-corrected chi connectivity index (χ2v) is 8.53. The third kappa shape index (κ3) is 1.91. The van der Waals surface area contributed by atoms with Gasteiger partial charge in [0.25, 0.3) is 0 Å². The predicted molar refractivity (Wildman–Crippen MR) is 91.8 cm³/mol. The molecule has 1 N–H and O–H groups in total. The Morgan fingerprint density at radius 1 is 1.25 bits per heavy atom. The van der Waals surface area contributed by atoms with Crippen LogP contribution >= 0.6 is 0 Å². The molecule has 4 aliphatic rings. The van der Waals surface area contributed by atoms with Gasteiger partial charge in [0, 0.05) is 19.3 Å². The first-order chi connectivity index (χ1) is 11.5. The molecule has 8 atom stereocenters. The summed E-state index contributed by atoms with van der Waals surface area (Å²) >= 11 is 0. The van der Waals surface area contributed by atoms with Crippen molar-refractivity contribution >= 4 is 0 Å². The van der Waals surface area contributed by atoms with E-state index in [1.54, 1.807) is 0 Å². The van der Waals surface area contributed by atoms with Crippen molar-refractivity contribution in [3.05, 3.63) is 41.5 Å². The summed E-state index contributed by atoms with van der Waals surface area (Å²) < 4.78 is 12.8. The molecule has 1 aromatic rings. The van der Waals surface area contributed by atoms with E-state index in [0.29, 0.717) is 23.7 Å². The Labute approximate surface area is 143 Å². The van der Waals surface area contributed by atoms with Crippen molar-refractivity contribution in [1.29, 1.82) is 0 Å². The number of aliphatic hydroxyl groups excluding tert-OH is 1. The lowest BCUT2D eigenvalue weighted by atomic mass is 9.64. The van der Waals surface area contributed by atoms with Gasteiger partial charge in [-0.25, -0.2) is 0 Å². The first-order valence-corrected chi connectivity index (χ1v) is 9.29. The van der Waals surface area contributed by atoms with Crippen LogP contribution < -0.4 is 4.74 Å². The highest BCUT2D eigenvalue weighted by atomic mass is 16.7. The van der Waals surface area contributed by atoms with Crippen LogP contribution in [0.1, 0.15) is 43.7 Å². The first-order valence-electron chi connectivity index (χ1n) is 9.29. The van der Waals surface area contributed by atoms with Crippen LogP contribution in [0.25, 0.3) is 0 Å². The van der Waals surface area contributed by atoms with Crippen molar-refractivity contribution in [3.8, 4) is 5.75 Å². The maximum absolute atomic E-state index is 10.6. The zero-order chi connectivity index (χ0) is 16.6. The van der Waals surface area contributed by atoms with Crippen molar-refractivity contribution in [2.45, 2.75) is 57.5 Å². The zero-order valence-corrected chi connectivity index (χ0v) is 14.6. The number of aliphatic hydroxyl groups is 1. The Morgan fingerprint density at radius 3 is 2.92 bits per heavy atom. The molecule has 2 bridgehead atoms. The van der Waals surface area contributed by atoms with Crippen LogP contribution in [0.3, 0.4) is 0 Å². The van der Waals surface area contributed by atoms with Crippen LogP contribution in [0.5, 0.6) is 5.75 Å². The van der Waals surface area contributed by atoms with Gasteiger partial charge < -0.3 is 14.6 Å². The van der Waals surface area contributed by atoms with E-state index in [1.807, 2.05) is 0 Å². The number of aryl methyl sites for hydroxylation is 1. The molecule has 0 radical (unpaired) electrons. The number of rotatable bonds is 0. The third-order valence-corrected chi connectivity index (χ3v) is 6.91. The fraction of sp³-hybridized carbons (Fsp3) is 0.619. The quantitative estimate of drug-likeness (QED) is 0.737. The number of hydrogen-bond donors (Lipinski definition) is 1. The largest absolute Gasteiger partial charge is 0.462 e. The Morgan fingerprint density at radius 2 is 2.08 bits per heavy atom. The van der Waals surface area contributed by atoms with Gasteiger partial charge in [0.1, 0.15) is 5.75 Å². The van der Waals surface area contributed by atoms with E-state index in [9.17, 15) is 5.11 Å². The number of fused-ring (bicyclic) bond motifs is 8. The number of ether oxygens (including phenoxy) is 2.